The Labute approximate surface area is 185 Å². The maximum absolute atomic E-state index is 11.3. The van der Waals surface area contributed by atoms with Gasteiger partial charge >= 0.3 is 0 Å². The Bertz CT molecular complexity index is 1140. The van der Waals surface area contributed by atoms with Gasteiger partial charge < -0.3 is 25.0 Å². The van der Waals surface area contributed by atoms with Gasteiger partial charge in [0, 0.05) is 36.9 Å². The second kappa shape index (κ2) is 7.19. The van der Waals surface area contributed by atoms with Gasteiger partial charge in [-0.25, -0.2) is 4.98 Å². The van der Waals surface area contributed by atoms with E-state index in [2.05, 4.69) is 26.1 Å². The quantitative estimate of drug-likeness (QED) is 0.635. The van der Waals surface area contributed by atoms with Gasteiger partial charge in [-0.3, -0.25) is 0 Å². The fourth-order valence-corrected chi connectivity index (χ4v) is 4.86. The average molecular weight is 442 g/mol. The molecular formula is C22H24ClN5O3. The molecule has 1 spiro atoms. The molecule has 2 aliphatic rings. The minimum Gasteiger partial charge on any atom is -0.381 e. The zero-order valence-corrected chi connectivity index (χ0v) is 18.2. The standard InChI is InChI=1S/C22H24ClN5O3/c1-13-9-18(27-31-13)21(2,29)14-3-4-15-17(10-14)28(12-22(15)5-7-30-8-6-22)19-16(23)11-25-20(24)26-19/h3-4,9-11,29H,5-8,12H2,1-2H3,(H2,24,25,26). The summed E-state index contributed by atoms with van der Waals surface area (Å²) in [7, 11) is 0. The van der Waals surface area contributed by atoms with E-state index in [1.54, 1.807) is 19.9 Å². The smallest absolute Gasteiger partial charge is 0.222 e. The third-order valence-electron chi connectivity index (χ3n) is 6.46. The molecule has 31 heavy (non-hydrogen) atoms. The van der Waals surface area contributed by atoms with Crippen LogP contribution in [0.25, 0.3) is 0 Å². The van der Waals surface area contributed by atoms with Crippen LogP contribution in [0.15, 0.2) is 35.0 Å². The SMILES string of the molecule is Cc1cc(C(C)(O)c2ccc3c(c2)N(c2nc(N)ncc2Cl)CC32CCOCC2)no1. The molecule has 3 N–H and O–H groups in total. The van der Waals surface area contributed by atoms with Crippen LogP contribution in [0.2, 0.25) is 5.02 Å². The molecule has 5 rings (SSSR count). The number of hydrogen-bond donors (Lipinski definition) is 2. The highest BCUT2D eigenvalue weighted by Crippen LogP contribution is 2.51. The average Bonchev–Trinajstić information content (AvgIpc) is 3.33. The number of hydrogen-bond acceptors (Lipinski definition) is 8. The molecule has 2 aromatic heterocycles. The number of anilines is 3. The number of halogens is 1. The Kier molecular flexibility index (Phi) is 4.69. The van der Waals surface area contributed by atoms with Crippen molar-refractivity contribution in [1.29, 1.82) is 0 Å². The van der Waals surface area contributed by atoms with E-state index in [1.165, 1.54) is 11.8 Å². The molecule has 1 atom stereocenters. The molecule has 9 heteroatoms. The molecule has 4 heterocycles. The molecule has 0 aliphatic carbocycles. The molecule has 1 unspecified atom stereocenters. The first-order valence-corrected chi connectivity index (χ1v) is 10.6. The molecule has 0 saturated carbocycles. The Morgan fingerprint density at radius 1 is 1.26 bits per heavy atom. The van der Waals surface area contributed by atoms with Gasteiger partial charge in [0.05, 0.1) is 6.20 Å². The number of nitrogens with zero attached hydrogens (tertiary/aromatic N) is 4. The summed E-state index contributed by atoms with van der Waals surface area (Å²) in [5, 5.41) is 15.8. The van der Waals surface area contributed by atoms with E-state index in [1.807, 2.05) is 12.1 Å². The summed E-state index contributed by atoms with van der Waals surface area (Å²) < 4.78 is 10.8. The van der Waals surface area contributed by atoms with Crippen LogP contribution in [-0.2, 0) is 15.8 Å². The number of ether oxygens (including phenoxy) is 1. The lowest BCUT2D eigenvalue weighted by Crippen LogP contribution is -2.37. The van der Waals surface area contributed by atoms with Gasteiger partial charge in [0.15, 0.2) is 5.82 Å². The van der Waals surface area contributed by atoms with Gasteiger partial charge in [0.25, 0.3) is 0 Å². The van der Waals surface area contributed by atoms with Crippen molar-refractivity contribution < 1.29 is 14.4 Å². The summed E-state index contributed by atoms with van der Waals surface area (Å²) >= 11 is 6.48. The van der Waals surface area contributed by atoms with Crippen LogP contribution < -0.4 is 10.6 Å². The van der Waals surface area contributed by atoms with Gasteiger partial charge in [0.1, 0.15) is 22.1 Å². The van der Waals surface area contributed by atoms with Crippen molar-refractivity contribution in [1.82, 2.24) is 15.1 Å². The Morgan fingerprint density at radius 2 is 2.03 bits per heavy atom. The van der Waals surface area contributed by atoms with Gasteiger partial charge in [-0.2, -0.15) is 4.98 Å². The first kappa shape index (κ1) is 20.2. The zero-order valence-electron chi connectivity index (χ0n) is 17.4. The predicted molar refractivity (Wildman–Crippen MR) is 117 cm³/mol. The molecule has 8 nitrogen and oxygen atoms in total. The van der Waals surface area contributed by atoms with Crippen molar-refractivity contribution in [2.45, 2.75) is 37.7 Å². The molecule has 1 saturated heterocycles. The first-order chi connectivity index (χ1) is 14.8. The van der Waals surface area contributed by atoms with Crippen molar-refractivity contribution in [2.24, 2.45) is 0 Å². The van der Waals surface area contributed by atoms with Crippen molar-refractivity contribution >= 4 is 29.1 Å². The fourth-order valence-electron chi connectivity index (χ4n) is 4.66. The van der Waals surface area contributed by atoms with E-state index in [0.29, 0.717) is 47.6 Å². The van der Waals surface area contributed by atoms with Crippen molar-refractivity contribution in [3.63, 3.8) is 0 Å². The molecule has 2 aliphatic heterocycles. The van der Waals surface area contributed by atoms with Gasteiger partial charge in [0.2, 0.25) is 5.95 Å². The molecular weight excluding hydrogens is 418 g/mol. The van der Waals surface area contributed by atoms with Crippen molar-refractivity contribution in [3.05, 3.63) is 58.1 Å². The highest BCUT2D eigenvalue weighted by molar-refractivity contribution is 6.33. The second-order valence-electron chi connectivity index (χ2n) is 8.51. The van der Waals surface area contributed by atoms with Crippen molar-refractivity contribution in [3.8, 4) is 0 Å². The number of benzene rings is 1. The van der Waals surface area contributed by atoms with Crippen LogP contribution in [0.3, 0.4) is 0 Å². The van der Waals surface area contributed by atoms with Crippen LogP contribution in [-0.4, -0.2) is 40.0 Å². The van der Waals surface area contributed by atoms with E-state index in [4.69, 9.17) is 26.6 Å². The summed E-state index contributed by atoms with van der Waals surface area (Å²) in [6.07, 6.45) is 3.31. The number of aromatic nitrogens is 3. The van der Waals surface area contributed by atoms with Crippen molar-refractivity contribution in [2.75, 3.05) is 30.4 Å². The maximum Gasteiger partial charge on any atom is 0.222 e. The van der Waals surface area contributed by atoms with E-state index < -0.39 is 5.60 Å². The second-order valence-corrected chi connectivity index (χ2v) is 8.91. The third-order valence-corrected chi connectivity index (χ3v) is 6.73. The molecule has 3 aromatic rings. The molecule has 0 radical (unpaired) electrons. The summed E-state index contributed by atoms with van der Waals surface area (Å²) in [5.41, 5.74) is 7.77. The number of nitrogen functional groups attached to an aromatic ring is 1. The topological polar surface area (TPSA) is 111 Å². The van der Waals surface area contributed by atoms with E-state index in [0.717, 1.165) is 18.5 Å². The number of aryl methyl sites for hydroxylation is 1. The minimum atomic E-state index is -1.32. The van der Waals surface area contributed by atoms with E-state index in [-0.39, 0.29) is 11.4 Å². The molecule has 1 fully saturated rings. The Hall–Kier alpha value is -2.68. The summed E-state index contributed by atoms with van der Waals surface area (Å²) in [5.74, 6) is 1.37. The number of nitrogens with two attached hydrogens (primary N) is 1. The fraction of sp³-hybridized carbons (Fsp3) is 0.409. The number of fused-ring (bicyclic) bond motifs is 2. The Balaban J connectivity index is 1.66. The molecule has 0 bridgehead atoms. The third kappa shape index (κ3) is 3.26. The largest absolute Gasteiger partial charge is 0.381 e. The number of rotatable bonds is 3. The summed E-state index contributed by atoms with van der Waals surface area (Å²) in [6.45, 7) is 5.62. The van der Waals surface area contributed by atoms with Crippen LogP contribution in [0.5, 0.6) is 0 Å². The first-order valence-electron chi connectivity index (χ1n) is 10.2. The van der Waals surface area contributed by atoms with Gasteiger partial charge in [-0.1, -0.05) is 28.9 Å². The lowest BCUT2D eigenvalue weighted by Gasteiger charge is -2.34. The summed E-state index contributed by atoms with van der Waals surface area (Å²) in [4.78, 5) is 10.5. The van der Waals surface area contributed by atoms with E-state index in [9.17, 15) is 5.11 Å². The lowest BCUT2D eigenvalue weighted by atomic mass is 9.75. The van der Waals surface area contributed by atoms with Crippen LogP contribution in [0.1, 0.15) is 42.3 Å². The van der Waals surface area contributed by atoms with Gasteiger partial charge in [-0.05, 0) is 43.9 Å². The van der Waals surface area contributed by atoms with Gasteiger partial charge in [-0.15, -0.1) is 0 Å². The van der Waals surface area contributed by atoms with Crippen LogP contribution in [0.4, 0.5) is 17.5 Å². The Morgan fingerprint density at radius 3 is 2.74 bits per heavy atom. The predicted octanol–water partition coefficient (Wildman–Crippen LogP) is 3.46. The molecule has 0 amide bonds. The number of aliphatic hydroxyl groups is 1. The highest BCUT2D eigenvalue weighted by atomic mass is 35.5. The zero-order chi connectivity index (χ0) is 21.8. The minimum absolute atomic E-state index is 0.0779. The molecule has 1 aromatic carbocycles. The van der Waals surface area contributed by atoms with Crippen LogP contribution >= 0.6 is 11.6 Å². The molecule has 162 valence electrons. The van der Waals surface area contributed by atoms with Crippen LogP contribution in [0, 0.1) is 6.92 Å². The normalized spacial score (nSPS) is 19.4. The maximum atomic E-state index is 11.3. The highest BCUT2D eigenvalue weighted by Gasteiger charge is 2.46. The lowest BCUT2D eigenvalue weighted by molar-refractivity contribution is 0.0557. The summed E-state index contributed by atoms with van der Waals surface area (Å²) in [6, 6.07) is 7.78. The monoisotopic (exact) mass is 441 g/mol. The van der Waals surface area contributed by atoms with E-state index >= 15 is 0 Å².